The van der Waals surface area contributed by atoms with Crippen LogP contribution in [0.25, 0.3) is 0 Å². The first-order valence-electron chi connectivity index (χ1n) is 8.99. The van der Waals surface area contributed by atoms with Gasteiger partial charge in [0.1, 0.15) is 11.5 Å². The van der Waals surface area contributed by atoms with Gasteiger partial charge in [-0.3, -0.25) is 10.1 Å². The lowest BCUT2D eigenvalue weighted by Crippen LogP contribution is -2.11. The molecule has 6 heteroatoms. The monoisotopic (exact) mass is 420 g/mol. The highest BCUT2D eigenvalue weighted by atomic mass is 35.5. The molecule has 0 bridgehead atoms. The third kappa shape index (κ3) is 5.22. The summed E-state index contributed by atoms with van der Waals surface area (Å²) in [5.41, 5.74) is 1.64. The number of rotatable bonds is 6. The van der Waals surface area contributed by atoms with E-state index in [9.17, 15) is 4.79 Å². The van der Waals surface area contributed by atoms with Crippen molar-refractivity contribution in [3.8, 4) is 11.5 Å². The van der Waals surface area contributed by atoms with Gasteiger partial charge in [-0.2, -0.15) is 0 Å². The number of nitrogens with zero attached hydrogens (tertiary/aromatic N) is 1. The number of aromatic nitrogens is 1. The van der Waals surface area contributed by atoms with Gasteiger partial charge in [-0.25, -0.2) is 4.98 Å². The van der Waals surface area contributed by atoms with Crippen molar-refractivity contribution in [2.24, 2.45) is 0 Å². The molecule has 0 aliphatic carbocycles. The fourth-order valence-corrected chi connectivity index (χ4v) is 3.82. The molecule has 29 heavy (non-hydrogen) atoms. The van der Waals surface area contributed by atoms with E-state index in [0.717, 1.165) is 22.6 Å². The highest BCUT2D eigenvalue weighted by molar-refractivity contribution is 7.15. The molecule has 1 heterocycles. The fraction of sp³-hybridized carbons (Fsp3) is 0.0435. The van der Waals surface area contributed by atoms with Gasteiger partial charge >= 0.3 is 0 Å². The number of nitrogens with one attached hydrogen (secondary N) is 1. The minimum absolute atomic E-state index is 0.208. The first kappa shape index (κ1) is 19.2. The third-order valence-corrected chi connectivity index (χ3v) is 5.28. The van der Waals surface area contributed by atoms with E-state index in [0.29, 0.717) is 21.5 Å². The number of ether oxygens (including phenoxy) is 1. The Morgan fingerprint density at radius 1 is 0.966 bits per heavy atom. The molecule has 0 radical (unpaired) electrons. The lowest BCUT2D eigenvalue weighted by molar-refractivity contribution is 0.102. The van der Waals surface area contributed by atoms with Crippen LogP contribution in [0.1, 0.15) is 20.8 Å². The molecule has 3 aromatic carbocycles. The zero-order chi connectivity index (χ0) is 20.1. The molecule has 1 N–H and O–H groups in total. The van der Waals surface area contributed by atoms with Crippen molar-refractivity contribution < 1.29 is 9.53 Å². The number of hydrogen-bond acceptors (Lipinski definition) is 4. The summed E-state index contributed by atoms with van der Waals surface area (Å²) in [6, 6.07) is 24.2. The van der Waals surface area contributed by atoms with Crippen molar-refractivity contribution in [1.82, 2.24) is 4.98 Å². The Labute approximate surface area is 177 Å². The summed E-state index contributed by atoms with van der Waals surface area (Å²) >= 11 is 7.48. The van der Waals surface area contributed by atoms with Crippen LogP contribution < -0.4 is 10.1 Å². The van der Waals surface area contributed by atoms with Gasteiger partial charge in [0.15, 0.2) is 5.13 Å². The maximum atomic E-state index is 12.5. The van der Waals surface area contributed by atoms with Gasteiger partial charge in [-0.1, -0.05) is 41.9 Å². The van der Waals surface area contributed by atoms with Crippen molar-refractivity contribution >= 4 is 34.0 Å². The van der Waals surface area contributed by atoms with Gasteiger partial charge < -0.3 is 4.74 Å². The minimum atomic E-state index is -0.208. The van der Waals surface area contributed by atoms with Crippen LogP contribution in [-0.2, 0) is 6.42 Å². The molecular formula is C23H17ClN2O2S. The second kappa shape index (κ2) is 8.90. The molecule has 144 valence electrons. The van der Waals surface area contributed by atoms with Gasteiger partial charge in [0, 0.05) is 28.1 Å². The first-order chi connectivity index (χ1) is 14.2. The number of amides is 1. The van der Waals surface area contributed by atoms with Crippen molar-refractivity contribution in [3.63, 3.8) is 0 Å². The minimum Gasteiger partial charge on any atom is -0.457 e. The number of carbonyl (C=O) groups excluding carboxylic acids is 1. The standard InChI is InChI=1S/C23H17ClN2O2S/c24-18-6-4-5-16(13-18)14-21-15-25-23(29-21)26-22(27)17-9-11-20(12-10-17)28-19-7-2-1-3-8-19/h1-13,15H,14H2,(H,25,26,27). The topological polar surface area (TPSA) is 51.2 Å². The lowest BCUT2D eigenvalue weighted by atomic mass is 10.1. The molecule has 0 atom stereocenters. The maximum absolute atomic E-state index is 12.5. The summed E-state index contributed by atoms with van der Waals surface area (Å²) in [5, 5.41) is 4.12. The predicted molar refractivity (Wildman–Crippen MR) is 117 cm³/mol. The molecular weight excluding hydrogens is 404 g/mol. The number of para-hydroxylation sites is 1. The molecule has 0 saturated heterocycles. The second-order valence-corrected chi connectivity index (χ2v) is 7.88. The van der Waals surface area contributed by atoms with E-state index in [1.165, 1.54) is 11.3 Å². The van der Waals surface area contributed by atoms with Crippen LogP contribution in [-0.4, -0.2) is 10.9 Å². The summed E-state index contributed by atoms with van der Waals surface area (Å²) in [5.74, 6) is 1.21. The van der Waals surface area contributed by atoms with Crippen LogP contribution in [0.3, 0.4) is 0 Å². The van der Waals surface area contributed by atoms with Gasteiger partial charge in [-0.05, 0) is 54.1 Å². The quantitative estimate of drug-likeness (QED) is 0.391. The van der Waals surface area contributed by atoms with Crippen molar-refractivity contribution in [2.75, 3.05) is 5.32 Å². The second-order valence-electron chi connectivity index (χ2n) is 6.33. The Morgan fingerprint density at radius 3 is 2.48 bits per heavy atom. The summed E-state index contributed by atoms with van der Waals surface area (Å²) in [7, 11) is 0. The Hall–Kier alpha value is -3.15. The summed E-state index contributed by atoms with van der Waals surface area (Å²) < 4.78 is 5.75. The van der Waals surface area contributed by atoms with E-state index < -0.39 is 0 Å². The van der Waals surface area contributed by atoms with Gasteiger partial charge in [0.25, 0.3) is 5.91 Å². The zero-order valence-electron chi connectivity index (χ0n) is 15.3. The maximum Gasteiger partial charge on any atom is 0.257 e. The molecule has 0 aliphatic heterocycles. The molecule has 0 saturated carbocycles. The van der Waals surface area contributed by atoms with Crippen LogP contribution in [0.4, 0.5) is 5.13 Å². The normalized spacial score (nSPS) is 10.5. The molecule has 0 aliphatic rings. The average Bonchev–Trinajstić information content (AvgIpc) is 3.16. The third-order valence-electron chi connectivity index (χ3n) is 4.14. The Balaban J connectivity index is 1.37. The highest BCUT2D eigenvalue weighted by Gasteiger charge is 2.10. The van der Waals surface area contributed by atoms with Crippen LogP contribution in [0.5, 0.6) is 11.5 Å². The van der Waals surface area contributed by atoms with Gasteiger partial charge in [0.05, 0.1) is 0 Å². The fourth-order valence-electron chi connectivity index (χ4n) is 2.76. The number of hydrogen-bond donors (Lipinski definition) is 1. The van der Waals surface area contributed by atoms with E-state index in [1.54, 1.807) is 30.5 Å². The largest absolute Gasteiger partial charge is 0.457 e. The van der Waals surface area contributed by atoms with Gasteiger partial charge in [-0.15, -0.1) is 11.3 Å². The number of anilines is 1. The number of carbonyl (C=O) groups is 1. The SMILES string of the molecule is O=C(Nc1ncc(Cc2cccc(Cl)c2)s1)c1ccc(Oc2ccccc2)cc1. The van der Waals surface area contributed by atoms with Crippen LogP contribution in [0, 0.1) is 0 Å². The van der Waals surface area contributed by atoms with Gasteiger partial charge in [0.2, 0.25) is 0 Å². The van der Waals surface area contributed by atoms with E-state index in [2.05, 4.69) is 10.3 Å². The molecule has 4 rings (SSSR count). The smallest absolute Gasteiger partial charge is 0.257 e. The molecule has 1 aromatic heterocycles. The van der Waals surface area contributed by atoms with Crippen molar-refractivity contribution in [2.45, 2.75) is 6.42 Å². The molecule has 4 aromatic rings. The number of thiazole rings is 1. The van der Waals surface area contributed by atoms with Crippen molar-refractivity contribution in [3.05, 3.63) is 106 Å². The Kier molecular flexibility index (Phi) is 5.89. The van der Waals surface area contributed by atoms with E-state index in [1.807, 2.05) is 54.6 Å². The van der Waals surface area contributed by atoms with E-state index in [-0.39, 0.29) is 5.91 Å². The predicted octanol–water partition coefficient (Wildman–Crippen LogP) is 6.43. The van der Waals surface area contributed by atoms with Crippen LogP contribution >= 0.6 is 22.9 Å². The van der Waals surface area contributed by atoms with E-state index >= 15 is 0 Å². The highest BCUT2D eigenvalue weighted by Crippen LogP contribution is 2.24. The Bertz CT molecular complexity index is 1110. The summed E-state index contributed by atoms with van der Waals surface area (Å²) in [6.45, 7) is 0. The molecule has 0 spiro atoms. The molecule has 0 unspecified atom stereocenters. The van der Waals surface area contributed by atoms with E-state index in [4.69, 9.17) is 16.3 Å². The van der Waals surface area contributed by atoms with Crippen molar-refractivity contribution in [1.29, 1.82) is 0 Å². The zero-order valence-corrected chi connectivity index (χ0v) is 16.9. The summed E-state index contributed by atoms with van der Waals surface area (Å²) in [6.07, 6.45) is 2.50. The number of halogens is 1. The van der Waals surface area contributed by atoms with Crippen LogP contribution in [0.2, 0.25) is 5.02 Å². The molecule has 1 amide bonds. The lowest BCUT2D eigenvalue weighted by Gasteiger charge is -2.06. The molecule has 0 fully saturated rings. The first-order valence-corrected chi connectivity index (χ1v) is 10.2. The number of benzene rings is 3. The average molecular weight is 421 g/mol. The van der Waals surface area contributed by atoms with Crippen LogP contribution in [0.15, 0.2) is 85.1 Å². The Morgan fingerprint density at radius 2 is 1.72 bits per heavy atom. The molecule has 4 nitrogen and oxygen atoms in total. The summed E-state index contributed by atoms with van der Waals surface area (Å²) in [4.78, 5) is 17.8.